The van der Waals surface area contributed by atoms with Gasteiger partial charge in [0.1, 0.15) is 5.69 Å². The summed E-state index contributed by atoms with van der Waals surface area (Å²) in [6, 6.07) is 5.33. The highest BCUT2D eigenvalue weighted by molar-refractivity contribution is 5.79. The first-order valence-corrected chi connectivity index (χ1v) is 10.2. The van der Waals surface area contributed by atoms with Crippen LogP contribution in [0.3, 0.4) is 0 Å². The summed E-state index contributed by atoms with van der Waals surface area (Å²) in [6.07, 6.45) is -4.02. The Balaban J connectivity index is 1.69. The normalized spacial score (nSPS) is 15.9. The smallest absolute Gasteiger partial charge is 0.366 e. The molecule has 6 nitrogen and oxygen atoms in total. The Bertz CT molecular complexity index is 1050. The summed E-state index contributed by atoms with van der Waals surface area (Å²) >= 11 is 0. The Kier molecular flexibility index (Phi) is 6.89. The van der Waals surface area contributed by atoms with Crippen molar-refractivity contribution in [1.82, 2.24) is 4.90 Å². The van der Waals surface area contributed by atoms with Crippen LogP contribution in [0, 0.1) is 27.7 Å². The van der Waals surface area contributed by atoms with Gasteiger partial charge in [-0.3, -0.25) is 14.9 Å². The van der Waals surface area contributed by atoms with Gasteiger partial charge in [0.2, 0.25) is 5.91 Å². The molecule has 3 rings (SSSR count). The zero-order valence-corrected chi connectivity index (χ0v) is 17.9. The van der Waals surface area contributed by atoms with Crippen molar-refractivity contribution in [2.24, 2.45) is 5.92 Å². The molecule has 0 aliphatic carbocycles. The van der Waals surface area contributed by atoms with Gasteiger partial charge >= 0.3 is 6.18 Å². The van der Waals surface area contributed by atoms with E-state index in [-0.39, 0.29) is 24.7 Å². The van der Waals surface area contributed by atoms with E-state index in [0.29, 0.717) is 24.5 Å². The number of hydrogen-bond acceptors (Lipinski definition) is 4. The van der Waals surface area contributed by atoms with Gasteiger partial charge in [-0.1, -0.05) is 6.07 Å². The third kappa shape index (κ3) is 5.23. The molecule has 0 N–H and O–H groups in total. The summed E-state index contributed by atoms with van der Waals surface area (Å²) in [5.41, 5.74) is -1.24. The number of amides is 1. The summed E-state index contributed by atoms with van der Waals surface area (Å²) in [5, 5.41) is 11.4. The molecule has 2 aromatic carbocycles. The van der Waals surface area contributed by atoms with Crippen LogP contribution in [0.2, 0.25) is 0 Å². The second kappa shape index (κ2) is 9.32. The van der Waals surface area contributed by atoms with Crippen LogP contribution < -0.4 is 4.90 Å². The van der Waals surface area contributed by atoms with Gasteiger partial charge < -0.3 is 9.80 Å². The van der Waals surface area contributed by atoms with Crippen molar-refractivity contribution in [3.05, 3.63) is 69.3 Å². The van der Waals surface area contributed by atoms with E-state index in [1.165, 1.54) is 11.0 Å². The molecular weight excluding hydrogens is 449 g/mol. The second-order valence-electron chi connectivity index (χ2n) is 8.02. The van der Waals surface area contributed by atoms with E-state index in [1.807, 2.05) is 0 Å². The zero-order valence-electron chi connectivity index (χ0n) is 17.9. The fourth-order valence-corrected chi connectivity index (χ4v) is 3.96. The minimum Gasteiger partial charge on any atom is -0.366 e. The van der Waals surface area contributed by atoms with Crippen LogP contribution in [0.25, 0.3) is 0 Å². The van der Waals surface area contributed by atoms with Crippen LogP contribution in [-0.4, -0.2) is 35.9 Å². The number of nitro benzene ring substituents is 1. The van der Waals surface area contributed by atoms with Crippen LogP contribution in [0.4, 0.5) is 33.3 Å². The largest absolute Gasteiger partial charge is 0.416 e. The van der Waals surface area contributed by atoms with E-state index < -0.39 is 45.9 Å². The molecular formula is C22H22F5N3O3. The highest BCUT2D eigenvalue weighted by atomic mass is 19.4. The number of anilines is 1. The molecule has 0 saturated carbocycles. The minimum absolute atomic E-state index is 0.0717. The van der Waals surface area contributed by atoms with Crippen molar-refractivity contribution in [3.63, 3.8) is 0 Å². The molecule has 2 aromatic rings. The van der Waals surface area contributed by atoms with E-state index in [2.05, 4.69) is 0 Å². The summed E-state index contributed by atoms with van der Waals surface area (Å²) in [7, 11) is 1.56. The third-order valence-electron chi connectivity index (χ3n) is 6.04. The monoisotopic (exact) mass is 471 g/mol. The number of halogens is 5. The van der Waals surface area contributed by atoms with Gasteiger partial charge in [-0.25, -0.2) is 8.78 Å². The number of rotatable bonds is 5. The molecule has 178 valence electrons. The van der Waals surface area contributed by atoms with Crippen molar-refractivity contribution < 1.29 is 31.7 Å². The average Bonchev–Trinajstić information content (AvgIpc) is 2.78. The molecule has 1 heterocycles. The molecule has 11 heteroatoms. The molecule has 0 spiro atoms. The van der Waals surface area contributed by atoms with Crippen LogP contribution in [0.5, 0.6) is 0 Å². The topological polar surface area (TPSA) is 66.7 Å². The van der Waals surface area contributed by atoms with Crippen molar-refractivity contribution >= 4 is 17.3 Å². The Morgan fingerprint density at radius 1 is 1.12 bits per heavy atom. The maximum absolute atomic E-state index is 13.5. The van der Waals surface area contributed by atoms with E-state index >= 15 is 0 Å². The van der Waals surface area contributed by atoms with Crippen molar-refractivity contribution in [2.75, 3.05) is 25.0 Å². The van der Waals surface area contributed by atoms with Crippen molar-refractivity contribution in [3.8, 4) is 0 Å². The molecule has 1 aliphatic rings. The van der Waals surface area contributed by atoms with Crippen LogP contribution >= 0.6 is 0 Å². The number of benzene rings is 2. The zero-order chi connectivity index (χ0) is 24.5. The second-order valence-corrected chi connectivity index (χ2v) is 8.02. The molecule has 33 heavy (non-hydrogen) atoms. The molecule has 0 aromatic heterocycles. The number of nitro groups is 1. The first-order chi connectivity index (χ1) is 15.4. The lowest BCUT2D eigenvalue weighted by Crippen LogP contribution is -2.42. The van der Waals surface area contributed by atoms with Crippen molar-refractivity contribution in [1.29, 1.82) is 0 Å². The minimum atomic E-state index is -4.70. The molecule has 1 fully saturated rings. The number of hydrogen-bond donors (Lipinski definition) is 0. The highest BCUT2D eigenvalue weighted by Crippen LogP contribution is 2.38. The van der Waals surface area contributed by atoms with E-state index in [1.54, 1.807) is 18.9 Å². The van der Waals surface area contributed by atoms with Crippen LogP contribution in [0.1, 0.15) is 36.9 Å². The van der Waals surface area contributed by atoms with Crippen LogP contribution in [-0.2, 0) is 11.0 Å². The SMILES string of the molecule is CC(c1ccc(F)c(F)c1)N(C)C(=O)C1CCN(c2ccc(C(F)(F)F)cc2[N+](=O)[O-])CC1. The Morgan fingerprint density at radius 3 is 2.30 bits per heavy atom. The predicted octanol–water partition coefficient (Wildman–Crippen LogP) is 5.33. The quantitative estimate of drug-likeness (QED) is 0.336. The average molecular weight is 471 g/mol. The predicted molar refractivity (Wildman–Crippen MR) is 111 cm³/mol. The molecule has 1 aliphatic heterocycles. The number of nitrogens with zero attached hydrogens (tertiary/aromatic N) is 3. The molecule has 0 radical (unpaired) electrons. The van der Waals surface area contributed by atoms with Gasteiger partial charge in [-0.2, -0.15) is 13.2 Å². The van der Waals surface area contributed by atoms with Crippen molar-refractivity contribution in [2.45, 2.75) is 32.0 Å². The van der Waals surface area contributed by atoms with Crippen LogP contribution in [0.15, 0.2) is 36.4 Å². The summed E-state index contributed by atoms with van der Waals surface area (Å²) < 4.78 is 65.5. The Hall–Kier alpha value is -3.24. The van der Waals surface area contributed by atoms with E-state index in [0.717, 1.165) is 24.3 Å². The van der Waals surface area contributed by atoms with Gasteiger partial charge in [-0.15, -0.1) is 0 Å². The summed E-state index contributed by atoms with van der Waals surface area (Å²) in [5.74, 6) is -2.61. The van der Waals surface area contributed by atoms with Gasteiger partial charge in [-0.05, 0) is 49.6 Å². The number of carbonyl (C=O) groups excluding carboxylic acids is 1. The lowest BCUT2D eigenvalue weighted by atomic mass is 9.93. The summed E-state index contributed by atoms with van der Waals surface area (Å²) in [6.45, 7) is 2.18. The molecule has 1 saturated heterocycles. The first-order valence-electron chi connectivity index (χ1n) is 10.2. The fraction of sp³-hybridized carbons (Fsp3) is 0.409. The molecule has 1 unspecified atom stereocenters. The van der Waals surface area contributed by atoms with Gasteiger partial charge in [0.25, 0.3) is 5.69 Å². The molecule has 1 atom stereocenters. The van der Waals surface area contributed by atoms with E-state index in [4.69, 9.17) is 0 Å². The fourth-order valence-electron chi connectivity index (χ4n) is 3.96. The van der Waals surface area contributed by atoms with E-state index in [9.17, 15) is 36.9 Å². The highest BCUT2D eigenvalue weighted by Gasteiger charge is 2.35. The van der Waals surface area contributed by atoms with Gasteiger partial charge in [0.15, 0.2) is 11.6 Å². The number of carbonyl (C=O) groups is 1. The lowest BCUT2D eigenvalue weighted by molar-refractivity contribution is -0.384. The molecule has 0 bridgehead atoms. The van der Waals surface area contributed by atoms with Gasteiger partial charge in [0, 0.05) is 32.1 Å². The lowest BCUT2D eigenvalue weighted by Gasteiger charge is -2.36. The third-order valence-corrected chi connectivity index (χ3v) is 6.04. The summed E-state index contributed by atoms with van der Waals surface area (Å²) in [4.78, 5) is 26.5. The Morgan fingerprint density at radius 2 is 1.76 bits per heavy atom. The number of alkyl halides is 3. The maximum atomic E-state index is 13.5. The van der Waals surface area contributed by atoms with Gasteiger partial charge in [0.05, 0.1) is 16.5 Å². The Labute approximate surface area is 186 Å². The first kappa shape index (κ1) is 24.4. The maximum Gasteiger partial charge on any atom is 0.416 e. The number of piperidine rings is 1. The standard InChI is InChI=1S/C22H22F5N3O3/c1-13(15-3-5-17(23)18(24)11-15)28(2)21(31)14-7-9-29(10-8-14)19-6-4-16(22(25,26)27)12-20(19)30(32)33/h3-6,11-14H,7-10H2,1-2H3. The molecule has 1 amide bonds.